The van der Waals surface area contributed by atoms with E-state index in [9.17, 15) is 13.2 Å². The summed E-state index contributed by atoms with van der Waals surface area (Å²) in [7, 11) is -3.33. The van der Waals surface area contributed by atoms with Gasteiger partial charge in [0.1, 0.15) is 0 Å². The summed E-state index contributed by atoms with van der Waals surface area (Å²) in [6, 6.07) is 24.0. The Morgan fingerprint density at radius 3 is 2.45 bits per heavy atom. The van der Waals surface area contributed by atoms with Crippen LogP contribution in [-0.4, -0.2) is 71.3 Å². The average Bonchev–Trinajstić information content (AvgIpc) is 3.66. The van der Waals surface area contributed by atoms with Crippen LogP contribution in [0, 0.1) is 0 Å². The van der Waals surface area contributed by atoms with Crippen molar-refractivity contribution >= 4 is 38.7 Å². The molecule has 1 aliphatic heterocycles. The summed E-state index contributed by atoms with van der Waals surface area (Å²) in [5, 5.41) is 5.27. The SMILES string of the molecule is CS(=O)(=O)c1cccc(-c2ccc(-c3cc(C(=O)N4CCN(Cc5cccnc5)CC4)nn3-c3ccccc3Cl)s2)c1. The van der Waals surface area contributed by atoms with Crippen molar-refractivity contribution in [3.05, 3.63) is 108 Å². The molecule has 0 atom stereocenters. The minimum absolute atomic E-state index is 0.124. The topological polar surface area (TPSA) is 88.4 Å². The number of halogens is 1. The quantitative estimate of drug-likeness (QED) is 0.234. The lowest BCUT2D eigenvalue weighted by Gasteiger charge is -2.34. The number of aromatic nitrogens is 3. The van der Waals surface area contributed by atoms with Crippen LogP contribution in [0.4, 0.5) is 0 Å². The first-order valence-electron chi connectivity index (χ1n) is 13.4. The van der Waals surface area contributed by atoms with Gasteiger partial charge in [-0.25, -0.2) is 13.1 Å². The van der Waals surface area contributed by atoms with Crippen LogP contribution in [0.15, 0.2) is 96.2 Å². The van der Waals surface area contributed by atoms with E-state index in [1.165, 1.54) is 17.6 Å². The third kappa shape index (κ3) is 6.03. The lowest BCUT2D eigenvalue weighted by Crippen LogP contribution is -2.48. The highest BCUT2D eigenvalue weighted by atomic mass is 35.5. The Morgan fingerprint density at radius 2 is 1.71 bits per heavy atom. The van der Waals surface area contributed by atoms with E-state index in [1.54, 1.807) is 35.1 Å². The zero-order chi connectivity index (χ0) is 29.3. The number of pyridine rings is 1. The van der Waals surface area contributed by atoms with Gasteiger partial charge in [-0.15, -0.1) is 11.3 Å². The van der Waals surface area contributed by atoms with Crippen LogP contribution in [0.2, 0.25) is 5.02 Å². The highest BCUT2D eigenvalue weighted by Crippen LogP contribution is 2.37. The second-order valence-corrected chi connectivity index (χ2v) is 13.7. The van der Waals surface area contributed by atoms with Crippen LogP contribution in [0.5, 0.6) is 0 Å². The normalized spacial score (nSPS) is 14.3. The molecule has 11 heteroatoms. The maximum absolute atomic E-state index is 13.7. The first-order valence-corrected chi connectivity index (χ1v) is 16.5. The third-order valence-electron chi connectivity index (χ3n) is 7.20. The van der Waals surface area contributed by atoms with Crippen molar-refractivity contribution in [3.8, 4) is 26.7 Å². The summed E-state index contributed by atoms with van der Waals surface area (Å²) >= 11 is 8.08. The third-order valence-corrected chi connectivity index (χ3v) is 9.79. The van der Waals surface area contributed by atoms with Gasteiger partial charge in [0.25, 0.3) is 5.91 Å². The summed E-state index contributed by atoms with van der Waals surface area (Å²) in [4.78, 5) is 24.1. The molecule has 0 aliphatic carbocycles. The Hall–Kier alpha value is -3.83. The minimum Gasteiger partial charge on any atom is -0.335 e. The molecule has 1 amide bonds. The lowest BCUT2D eigenvalue weighted by atomic mass is 10.2. The monoisotopic (exact) mass is 617 g/mol. The molecule has 5 aromatic rings. The largest absolute Gasteiger partial charge is 0.335 e. The van der Waals surface area contributed by atoms with Gasteiger partial charge in [-0.05, 0) is 59.7 Å². The summed E-state index contributed by atoms with van der Waals surface area (Å²) in [5.41, 5.74) is 3.71. The summed E-state index contributed by atoms with van der Waals surface area (Å²) < 4.78 is 25.9. The molecule has 1 saturated heterocycles. The van der Waals surface area contributed by atoms with Gasteiger partial charge < -0.3 is 4.90 Å². The molecule has 42 heavy (non-hydrogen) atoms. The van der Waals surface area contributed by atoms with E-state index in [0.717, 1.165) is 46.2 Å². The van der Waals surface area contributed by atoms with Crippen molar-refractivity contribution < 1.29 is 13.2 Å². The van der Waals surface area contributed by atoms with E-state index >= 15 is 0 Å². The maximum atomic E-state index is 13.7. The molecule has 2 aromatic carbocycles. The summed E-state index contributed by atoms with van der Waals surface area (Å²) in [5.74, 6) is -0.124. The van der Waals surface area contributed by atoms with Gasteiger partial charge in [0.15, 0.2) is 15.5 Å². The predicted octanol–water partition coefficient (Wildman–Crippen LogP) is 5.68. The number of sulfone groups is 1. The minimum atomic E-state index is -3.33. The molecule has 214 valence electrons. The first-order chi connectivity index (χ1) is 20.3. The highest BCUT2D eigenvalue weighted by Gasteiger charge is 2.26. The fourth-order valence-electron chi connectivity index (χ4n) is 5.00. The molecule has 8 nitrogen and oxygen atoms in total. The smallest absolute Gasteiger partial charge is 0.274 e. The van der Waals surface area contributed by atoms with E-state index in [0.29, 0.717) is 29.5 Å². The molecule has 0 spiro atoms. The number of para-hydroxylation sites is 1. The molecule has 0 unspecified atom stereocenters. The highest BCUT2D eigenvalue weighted by molar-refractivity contribution is 7.90. The van der Waals surface area contributed by atoms with Gasteiger partial charge in [-0.1, -0.05) is 41.9 Å². The predicted molar refractivity (Wildman–Crippen MR) is 166 cm³/mol. The van der Waals surface area contributed by atoms with Gasteiger partial charge in [-0.3, -0.25) is 14.7 Å². The molecule has 4 heterocycles. The Bertz CT molecular complexity index is 1850. The number of rotatable bonds is 7. The van der Waals surface area contributed by atoms with E-state index in [4.69, 9.17) is 16.7 Å². The number of benzene rings is 2. The van der Waals surface area contributed by atoms with Crippen molar-refractivity contribution in [1.29, 1.82) is 0 Å². The Kier molecular flexibility index (Phi) is 7.96. The molecule has 1 aliphatic rings. The van der Waals surface area contributed by atoms with Gasteiger partial charge in [0.05, 0.1) is 26.2 Å². The molecule has 1 fully saturated rings. The Balaban J connectivity index is 1.28. The van der Waals surface area contributed by atoms with Gasteiger partial charge in [0.2, 0.25) is 0 Å². The van der Waals surface area contributed by atoms with Crippen LogP contribution in [-0.2, 0) is 16.4 Å². The van der Waals surface area contributed by atoms with E-state index in [1.807, 2.05) is 59.6 Å². The molecule has 0 radical (unpaired) electrons. The van der Waals surface area contributed by atoms with Crippen molar-refractivity contribution in [2.45, 2.75) is 11.4 Å². The van der Waals surface area contributed by atoms with Gasteiger partial charge >= 0.3 is 0 Å². The van der Waals surface area contributed by atoms with Crippen molar-refractivity contribution in [3.63, 3.8) is 0 Å². The molecule has 3 aromatic heterocycles. The number of carbonyl (C=O) groups excluding carboxylic acids is 1. The van der Waals surface area contributed by atoms with Crippen molar-refractivity contribution in [1.82, 2.24) is 24.6 Å². The van der Waals surface area contributed by atoms with Crippen LogP contribution in [0.25, 0.3) is 26.7 Å². The summed E-state index contributed by atoms with van der Waals surface area (Å²) in [6.07, 6.45) is 4.84. The second kappa shape index (κ2) is 11.8. The molecular formula is C31H28ClN5O3S2. The number of nitrogens with zero attached hydrogens (tertiary/aromatic N) is 5. The zero-order valence-electron chi connectivity index (χ0n) is 22.9. The molecule has 6 rings (SSSR count). The number of piperazine rings is 1. The van der Waals surface area contributed by atoms with Crippen LogP contribution < -0.4 is 0 Å². The first kappa shape index (κ1) is 28.3. The standard InChI is InChI=1S/C31H28ClN5O3S2/c1-42(39,40)24-8-4-7-23(18-24)29-11-12-30(41-29)28-19-26(34-37(28)27-10-3-2-9-25(27)32)31(38)36-16-14-35(15-17-36)21-22-6-5-13-33-20-22/h2-13,18-20H,14-17,21H2,1H3. The number of carbonyl (C=O) groups is 1. The van der Waals surface area contributed by atoms with Gasteiger partial charge in [0, 0.05) is 56.3 Å². The number of hydrogen-bond acceptors (Lipinski definition) is 7. The number of thiophene rings is 1. The van der Waals surface area contributed by atoms with E-state index in [-0.39, 0.29) is 10.8 Å². The summed E-state index contributed by atoms with van der Waals surface area (Å²) in [6.45, 7) is 3.54. The van der Waals surface area contributed by atoms with Crippen LogP contribution >= 0.6 is 22.9 Å². The van der Waals surface area contributed by atoms with E-state index in [2.05, 4.69) is 16.0 Å². The number of amides is 1. The lowest BCUT2D eigenvalue weighted by molar-refractivity contribution is 0.0622. The average molecular weight is 618 g/mol. The Morgan fingerprint density at radius 1 is 0.929 bits per heavy atom. The molecule has 0 N–H and O–H groups in total. The second-order valence-electron chi connectivity index (χ2n) is 10.2. The molecule has 0 bridgehead atoms. The van der Waals surface area contributed by atoms with Crippen LogP contribution in [0.3, 0.4) is 0 Å². The number of hydrogen-bond donors (Lipinski definition) is 0. The Labute approximate surface area is 253 Å². The fourth-order valence-corrected chi connectivity index (χ4v) is 6.89. The van der Waals surface area contributed by atoms with Crippen molar-refractivity contribution in [2.75, 3.05) is 32.4 Å². The van der Waals surface area contributed by atoms with Gasteiger partial charge in [-0.2, -0.15) is 5.10 Å². The van der Waals surface area contributed by atoms with Crippen LogP contribution in [0.1, 0.15) is 16.1 Å². The van der Waals surface area contributed by atoms with Crippen molar-refractivity contribution in [2.24, 2.45) is 0 Å². The molecule has 0 saturated carbocycles. The zero-order valence-corrected chi connectivity index (χ0v) is 25.2. The fraction of sp³-hybridized carbons (Fsp3) is 0.194. The molecular weight excluding hydrogens is 590 g/mol. The maximum Gasteiger partial charge on any atom is 0.274 e. The van der Waals surface area contributed by atoms with E-state index < -0.39 is 9.84 Å².